The number of nitrogens with one attached hydrogen (secondary N) is 2. The van der Waals surface area contributed by atoms with E-state index in [2.05, 4.69) is 15.3 Å². The second-order valence-corrected chi connectivity index (χ2v) is 4.14. The summed E-state index contributed by atoms with van der Waals surface area (Å²) in [5.74, 6) is -1.91. The van der Waals surface area contributed by atoms with Gasteiger partial charge in [0, 0.05) is 19.6 Å². The number of hydrogen-bond acceptors (Lipinski definition) is 5. The molecule has 0 aliphatic carbocycles. The van der Waals surface area contributed by atoms with E-state index in [0.717, 1.165) is 6.33 Å². The summed E-state index contributed by atoms with van der Waals surface area (Å²) in [6, 6.07) is 0. The van der Waals surface area contributed by atoms with Gasteiger partial charge in [0.05, 0.1) is 12.9 Å². The summed E-state index contributed by atoms with van der Waals surface area (Å²) in [4.78, 5) is 28.5. The van der Waals surface area contributed by atoms with Crippen molar-refractivity contribution in [2.75, 3.05) is 19.8 Å². The lowest BCUT2D eigenvalue weighted by molar-refractivity contribution is 0.0264. The Labute approximate surface area is 102 Å². The zero-order valence-corrected chi connectivity index (χ0v) is 9.47. The molecule has 1 aliphatic heterocycles. The van der Waals surface area contributed by atoms with Crippen molar-refractivity contribution in [2.45, 2.75) is 12.0 Å². The highest BCUT2D eigenvalue weighted by Crippen LogP contribution is 2.17. The molecule has 0 saturated carbocycles. The first kappa shape index (κ1) is 12.5. The van der Waals surface area contributed by atoms with Crippen LogP contribution < -0.4 is 5.32 Å². The largest absolute Gasteiger partial charge is 0.477 e. The van der Waals surface area contributed by atoms with Gasteiger partial charge >= 0.3 is 5.97 Å². The number of carboxylic acids is 1. The lowest BCUT2D eigenvalue weighted by atomic mass is 10.0. The van der Waals surface area contributed by atoms with Crippen molar-refractivity contribution in [1.82, 2.24) is 15.3 Å². The van der Waals surface area contributed by atoms with E-state index in [9.17, 15) is 14.7 Å². The van der Waals surface area contributed by atoms with Crippen LogP contribution in [-0.4, -0.2) is 57.4 Å². The Morgan fingerprint density at radius 3 is 3.00 bits per heavy atom. The van der Waals surface area contributed by atoms with Crippen LogP contribution in [0.25, 0.3) is 0 Å². The minimum atomic E-state index is -1.26. The summed E-state index contributed by atoms with van der Waals surface area (Å²) < 4.78 is 5.03. The second kappa shape index (κ2) is 4.75. The number of imidazole rings is 1. The first-order valence-electron chi connectivity index (χ1n) is 5.37. The van der Waals surface area contributed by atoms with Gasteiger partial charge in [-0.15, -0.1) is 0 Å². The molecule has 8 nitrogen and oxygen atoms in total. The number of carbonyl (C=O) groups excluding carboxylic acids is 1. The van der Waals surface area contributed by atoms with E-state index in [4.69, 9.17) is 9.84 Å². The Morgan fingerprint density at radius 2 is 2.39 bits per heavy atom. The number of aromatic carboxylic acids is 1. The average Bonchev–Trinajstić information content (AvgIpc) is 2.95. The van der Waals surface area contributed by atoms with Gasteiger partial charge < -0.3 is 25.3 Å². The molecule has 2 heterocycles. The highest BCUT2D eigenvalue weighted by molar-refractivity contribution is 6.02. The zero-order chi connectivity index (χ0) is 13.2. The maximum atomic E-state index is 11.7. The maximum absolute atomic E-state index is 11.7. The topological polar surface area (TPSA) is 125 Å². The average molecular weight is 255 g/mol. The number of aliphatic hydroxyl groups is 1. The van der Waals surface area contributed by atoms with Crippen LogP contribution in [0.1, 0.15) is 27.4 Å². The normalized spacial score (nSPS) is 22.9. The molecular weight excluding hydrogens is 242 g/mol. The molecule has 1 atom stereocenters. The molecule has 1 amide bonds. The van der Waals surface area contributed by atoms with E-state index in [0.29, 0.717) is 13.0 Å². The van der Waals surface area contributed by atoms with Crippen molar-refractivity contribution in [1.29, 1.82) is 0 Å². The number of rotatable bonds is 4. The molecule has 1 aliphatic rings. The summed E-state index contributed by atoms with van der Waals surface area (Å²) in [7, 11) is 0. The van der Waals surface area contributed by atoms with Crippen LogP contribution in [0.15, 0.2) is 6.33 Å². The molecule has 98 valence electrons. The third kappa shape index (κ3) is 2.49. The molecule has 0 aromatic carbocycles. The van der Waals surface area contributed by atoms with Crippen molar-refractivity contribution in [3.63, 3.8) is 0 Å². The van der Waals surface area contributed by atoms with Gasteiger partial charge in [0.1, 0.15) is 5.60 Å². The number of carbonyl (C=O) groups is 2. The summed E-state index contributed by atoms with van der Waals surface area (Å²) in [6.07, 6.45) is 1.56. The molecular formula is C10H13N3O5. The van der Waals surface area contributed by atoms with E-state index in [1.54, 1.807) is 0 Å². The Hall–Kier alpha value is -1.93. The first-order chi connectivity index (χ1) is 8.52. The highest BCUT2D eigenvalue weighted by Gasteiger charge is 2.33. The van der Waals surface area contributed by atoms with Gasteiger partial charge in [-0.1, -0.05) is 0 Å². The van der Waals surface area contributed by atoms with E-state index >= 15 is 0 Å². The van der Waals surface area contributed by atoms with Gasteiger partial charge in [-0.25, -0.2) is 9.78 Å². The van der Waals surface area contributed by atoms with E-state index in [1.165, 1.54) is 0 Å². The lowest BCUT2D eigenvalue weighted by Gasteiger charge is -2.20. The van der Waals surface area contributed by atoms with Crippen LogP contribution in [0, 0.1) is 0 Å². The molecule has 0 radical (unpaired) electrons. The summed E-state index contributed by atoms with van der Waals surface area (Å²) >= 11 is 0. The molecule has 0 spiro atoms. The van der Waals surface area contributed by atoms with Gasteiger partial charge in [0.25, 0.3) is 5.91 Å². The fourth-order valence-corrected chi connectivity index (χ4v) is 1.69. The zero-order valence-electron chi connectivity index (χ0n) is 9.47. The second-order valence-electron chi connectivity index (χ2n) is 4.14. The molecule has 1 unspecified atom stereocenters. The quantitative estimate of drug-likeness (QED) is 0.546. The Bertz CT molecular complexity index is 464. The van der Waals surface area contributed by atoms with E-state index < -0.39 is 17.5 Å². The van der Waals surface area contributed by atoms with Gasteiger partial charge in [0.15, 0.2) is 11.4 Å². The summed E-state index contributed by atoms with van der Waals surface area (Å²) in [6.45, 7) is 0.590. The molecule has 8 heteroatoms. The monoisotopic (exact) mass is 255 g/mol. The smallest absolute Gasteiger partial charge is 0.354 e. The highest BCUT2D eigenvalue weighted by atomic mass is 16.5. The molecule has 4 N–H and O–H groups in total. The number of ether oxygens (including phenoxy) is 1. The Kier molecular flexibility index (Phi) is 3.30. The SMILES string of the molecule is O=C(NCC1(O)CCOC1)c1nc[nH]c1C(=O)O. The van der Waals surface area contributed by atoms with E-state index in [1.807, 2.05) is 0 Å². The van der Waals surface area contributed by atoms with Crippen LogP contribution in [0.2, 0.25) is 0 Å². The molecule has 0 bridgehead atoms. The van der Waals surface area contributed by atoms with Crippen LogP contribution in [0.5, 0.6) is 0 Å². The molecule has 1 aromatic heterocycles. The fourth-order valence-electron chi connectivity index (χ4n) is 1.69. The summed E-state index contributed by atoms with van der Waals surface area (Å²) in [5.41, 5.74) is -1.57. The molecule has 2 rings (SSSR count). The minimum absolute atomic E-state index is 0.00223. The summed E-state index contributed by atoms with van der Waals surface area (Å²) in [5, 5.41) is 21.2. The molecule has 1 aromatic rings. The van der Waals surface area contributed by atoms with Crippen LogP contribution in [0.3, 0.4) is 0 Å². The predicted molar refractivity (Wildman–Crippen MR) is 58.3 cm³/mol. The van der Waals surface area contributed by atoms with Gasteiger partial charge in [-0.2, -0.15) is 0 Å². The third-order valence-electron chi connectivity index (χ3n) is 2.73. The Balaban J connectivity index is 1.99. The molecule has 1 saturated heterocycles. The molecule has 1 fully saturated rings. The van der Waals surface area contributed by atoms with Gasteiger partial charge in [-0.3, -0.25) is 4.79 Å². The maximum Gasteiger partial charge on any atom is 0.354 e. The lowest BCUT2D eigenvalue weighted by Crippen LogP contribution is -2.43. The van der Waals surface area contributed by atoms with Crippen LogP contribution in [-0.2, 0) is 4.74 Å². The van der Waals surface area contributed by atoms with Crippen molar-refractivity contribution in [2.24, 2.45) is 0 Å². The number of hydrogen-bond donors (Lipinski definition) is 4. The first-order valence-corrected chi connectivity index (χ1v) is 5.37. The Morgan fingerprint density at radius 1 is 1.61 bits per heavy atom. The standard InChI is InChI=1S/C10H13N3O5/c14-8(6-7(9(15)16)13-5-12-6)11-3-10(17)1-2-18-4-10/h5,17H,1-4H2,(H,11,14)(H,12,13)(H,15,16). The van der Waals surface area contributed by atoms with Crippen molar-refractivity contribution >= 4 is 11.9 Å². The number of nitrogens with zero attached hydrogens (tertiary/aromatic N) is 1. The molecule has 18 heavy (non-hydrogen) atoms. The van der Waals surface area contributed by atoms with E-state index in [-0.39, 0.29) is 24.5 Å². The van der Waals surface area contributed by atoms with Gasteiger partial charge in [0.2, 0.25) is 0 Å². The number of amides is 1. The van der Waals surface area contributed by atoms with Crippen molar-refractivity contribution in [3.8, 4) is 0 Å². The van der Waals surface area contributed by atoms with Crippen molar-refractivity contribution in [3.05, 3.63) is 17.7 Å². The van der Waals surface area contributed by atoms with Gasteiger partial charge in [-0.05, 0) is 0 Å². The minimum Gasteiger partial charge on any atom is -0.477 e. The van der Waals surface area contributed by atoms with Crippen LogP contribution >= 0.6 is 0 Å². The number of aromatic amines is 1. The number of carboxylic acid groups (broad SMARTS) is 1. The number of H-pyrrole nitrogens is 1. The number of aromatic nitrogens is 2. The predicted octanol–water partition coefficient (Wildman–Crippen LogP) is -1.01. The van der Waals surface area contributed by atoms with Crippen LogP contribution in [0.4, 0.5) is 0 Å². The fraction of sp³-hybridized carbons (Fsp3) is 0.500. The van der Waals surface area contributed by atoms with Crippen molar-refractivity contribution < 1.29 is 24.5 Å². The third-order valence-corrected chi connectivity index (χ3v) is 2.73.